The van der Waals surface area contributed by atoms with Crippen LogP contribution >= 0.6 is 0 Å². The SMILES string of the molecule is CCCCCCn1ncnc1CNC(C)(C)C. The van der Waals surface area contributed by atoms with Crippen molar-refractivity contribution in [2.75, 3.05) is 0 Å². The van der Waals surface area contributed by atoms with Gasteiger partial charge in [-0.1, -0.05) is 26.2 Å². The highest BCUT2D eigenvalue weighted by Gasteiger charge is 2.11. The van der Waals surface area contributed by atoms with Gasteiger partial charge in [-0.3, -0.25) is 0 Å². The van der Waals surface area contributed by atoms with E-state index in [2.05, 4.69) is 43.1 Å². The van der Waals surface area contributed by atoms with Crippen molar-refractivity contribution in [1.82, 2.24) is 20.1 Å². The maximum Gasteiger partial charge on any atom is 0.140 e. The first-order valence-corrected chi connectivity index (χ1v) is 6.64. The van der Waals surface area contributed by atoms with Crippen molar-refractivity contribution < 1.29 is 0 Å². The van der Waals surface area contributed by atoms with E-state index in [1.165, 1.54) is 25.7 Å². The second kappa shape index (κ2) is 6.74. The first-order chi connectivity index (χ1) is 8.03. The van der Waals surface area contributed by atoms with Gasteiger partial charge in [0.1, 0.15) is 12.2 Å². The minimum absolute atomic E-state index is 0.124. The third kappa shape index (κ3) is 5.82. The van der Waals surface area contributed by atoms with E-state index in [-0.39, 0.29) is 5.54 Å². The van der Waals surface area contributed by atoms with Gasteiger partial charge in [-0.05, 0) is 27.2 Å². The first-order valence-electron chi connectivity index (χ1n) is 6.64. The van der Waals surface area contributed by atoms with Gasteiger partial charge in [0.15, 0.2) is 0 Å². The van der Waals surface area contributed by atoms with Crippen LogP contribution < -0.4 is 5.32 Å². The van der Waals surface area contributed by atoms with Crippen LogP contribution in [0, 0.1) is 0 Å². The highest BCUT2D eigenvalue weighted by atomic mass is 15.3. The molecule has 0 aliphatic heterocycles. The maximum absolute atomic E-state index is 4.31. The fourth-order valence-corrected chi connectivity index (χ4v) is 1.64. The molecule has 0 amide bonds. The molecule has 0 aliphatic rings. The molecule has 17 heavy (non-hydrogen) atoms. The summed E-state index contributed by atoms with van der Waals surface area (Å²) >= 11 is 0. The molecular formula is C13H26N4. The average molecular weight is 238 g/mol. The molecule has 0 fully saturated rings. The molecule has 0 radical (unpaired) electrons. The Morgan fingerprint density at radius 1 is 1.24 bits per heavy atom. The number of nitrogens with zero attached hydrogens (tertiary/aromatic N) is 3. The molecular weight excluding hydrogens is 212 g/mol. The highest BCUT2D eigenvalue weighted by molar-refractivity contribution is 4.86. The van der Waals surface area contributed by atoms with E-state index in [9.17, 15) is 0 Å². The van der Waals surface area contributed by atoms with Gasteiger partial charge in [0, 0.05) is 12.1 Å². The standard InChI is InChI=1S/C13H26N4/c1-5-6-7-8-9-17-12(14-11-16-17)10-15-13(2,3)4/h11,15H,5-10H2,1-4H3. The van der Waals surface area contributed by atoms with E-state index >= 15 is 0 Å². The quantitative estimate of drug-likeness (QED) is 0.743. The number of aromatic nitrogens is 3. The number of nitrogens with one attached hydrogen (secondary N) is 1. The van der Waals surface area contributed by atoms with Crippen LogP contribution in [0.25, 0.3) is 0 Å². The van der Waals surface area contributed by atoms with E-state index in [0.717, 1.165) is 18.9 Å². The summed E-state index contributed by atoms with van der Waals surface area (Å²) in [4.78, 5) is 4.31. The van der Waals surface area contributed by atoms with E-state index in [4.69, 9.17) is 0 Å². The number of hydrogen-bond acceptors (Lipinski definition) is 3. The molecule has 0 aromatic carbocycles. The van der Waals surface area contributed by atoms with Crippen molar-refractivity contribution in [3.63, 3.8) is 0 Å². The van der Waals surface area contributed by atoms with Crippen molar-refractivity contribution >= 4 is 0 Å². The lowest BCUT2D eigenvalue weighted by Crippen LogP contribution is -2.36. The summed E-state index contributed by atoms with van der Waals surface area (Å²) in [5, 5.41) is 7.72. The van der Waals surface area contributed by atoms with Crippen LogP contribution in [-0.2, 0) is 13.1 Å². The lowest BCUT2D eigenvalue weighted by Gasteiger charge is -2.20. The Morgan fingerprint density at radius 2 is 2.00 bits per heavy atom. The van der Waals surface area contributed by atoms with Crippen LogP contribution in [-0.4, -0.2) is 20.3 Å². The second-order valence-electron chi connectivity index (χ2n) is 5.56. The Balaban J connectivity index is 2.37. The minimum Gasteiger partial charge on any atom is -0.305 e. The fraction of sp³-hybridized carbons (Fsp3) is 0.846. The molecule has 0 aliphatic carbocycles. The zero-order valence-corrected chi connectivity index (χ0v) is 11.7. The largest absolute Gasteiger partial charge is 0.305 e. The van der Waals surface area contributed by atoms with E-state index in [0.29, 0.717) is 0 Å². The highest BCUT2D eigenvalue weighted by Crippen LogP contribution is 2.05. The normalized spacial score (nSPS) is 12.0. The van der Waals surface area contributed by atoms with Crippen LogP contribution in [0.5, 0.6) is 0 Å². The lowest BCUT2D eigenvalue weighted by molar-refractivity contribution is 0.405. The molecule has 1 aromatic heterocycles. The van der Waals surface area contributed by atoms with Crippen LogP contribution in [0.15, 0.2) is 6.33 Å². The van der Waals surface area contributed by atoms with Crippen molar-refractivity contribution in [2.24, 2.45) is 0 Å². The van der Waals surface area contributed by atoms with Gasteiger partial charge in [-0.25, -0.2) is 9.67 Å². The van der Waals surface area contributed by atoms with Crippen LogP contribution in [0.4, 0.5) is 0 Å². The molecule has 0 bridgehead atoms. The summed E-state index contributed by atoms with van der Waals surface area (Å²) in [6.07, 6.45) is 6.71. The monoisotopic (exact) mass is 238 g/mol. The predicted octanol–water partition coefficient (Wildman–Crippen LogP) is 2.75. The van der Waals surface area contributed by atoms with Crippen molar-refractivity contribution in [3.8, 4) is 0 Å². The minimum atomic E-state index is 0.124. The van der Waals surface area contributed by atoms with Gasteiger partial charge >= 0.3 is 0 Å². The molecule has 0 spiro atoms. The number of aryl methyl sites for hydroxylation is 1. The van der Waals surface area contributed by atoms with Crippen LogP contribution in [0.1, 0.15) is 59.2 Å². The Bertz CT molecular complexity index is 311. The molecule has 1 N–H and O–H groups in total. The average Bonchev–Trinajstić information content (AvgIpc) is 2.68. The molecule has 0 atom stereocenters. The van der Waals surface area contributed by atoms with Gasteiger partial charge in [-0.15, -0.1) is 0 Å². The van der Waals surface area contributed by atoms with Crippen molar-refractivity contribution in [1.29, 1.82) is 0 Å². The topological polar surface area (TPSA) is 42.7 Å². The smallest absolute Gasteiger partial charge is 0.140 e. The van der Waals surface area contributed by atoms with Gasteiger partial charge in [0.2, 0.25) is 0 Å². The molecule has 4 heteroatoms. The van der Waals surface area contributed by atoms with Crippen LogP contribution in [0.2, 0.25) is 0 Å². The van der Waals surface area contributed by atoms with Gasteiger partial charge in [-0.2, -0.15) is 5.10 Å². The van der Waals surface area contributed by atoms with E-state index in [1.54, 1.807) is 6.33 Å². The molecule has 1 aromatic rings. The fourth-order valence-electron chi connectivity index (χ4n) is 1.64. The zero-order valence-electron chi connectivity index (χ0n) is 11.7. The lowest BCUT2D eigenvalue weighted by atomic mass is 10.1. The number of unbranched alkanes of at least 4 members (excludes halogenated alkanes) is 3. The Labute approximate surface area is 105 Å². The first kappa shape index (κ1) is 14.2. The van der Waals surface area contributed by atoms with Gasteiger partial charge in [0.05, 0.1) is 6.54 Å². The molecule has 1 rings (SSSR count). The molecule has 0 saturated carbocycles. The van der Waals surface area contributed by atoms with Crippen molar-refractivity contribution in [3.05, 3.63) is 12.2 Å². The Kier molecular flexibility index (Phi) is 5.62. The maximum atomic E-state index is 4.31. The summed E-state index contributed by atoms with van der Waals surface area (Å²) in [6, 6.07) is 0. The number of rotatable bonds is 7. The Hall–Kier alpha value is -0.900. The predicted molar refractivity (Wildman–Crippen MR) is 70.8 cm³/mol. The van der Waals surface area contributed by atoms with Crippen molar-refractivity contribution in [2.45, 2.75) is 72.0 Å². The van der Waals surface area contributed by atoms with Crippen LogP contribution in [0.3, 0.4) is 0 Å². The zero-order chi connectivity index (χ0) is 12.7. The molecule has 98 valence electrons. The summed E-state index contributed by atoms with van der Waals surface area (Å²) in [7, 11) is 0. The molecule has 4 nitrogen and oxygen atoms in total. The summed E-state index contributed by atoms with van der Waals surface area (Å²) < 4.78 is 2.02. The molecule has 0 unspecified atom stereocenters. The van der Waals surface area contributed by atoms with Gasteiger partial charge < -0.3 is 5.32 Å². The summed E-state index contributed by atoms with van der Waals surface area (Å²) in [6.45, 7) is 10.5. The van der Waals surface area contributed by atoms with E-state index < -0.39 is 0 Å². The second-order valence-corrected chi connectivity index (χ2v) is 5.56. The number of hydrogen-bond donors (Lipinski definition) is 1. The molecule has 1 heterocycles. The van der Waals surface area contributed by atoms with E-state index in [1.807, 2.05) is 4.68 Å². The molecule has 0 saturated heterocycles. The Morgan fingerprint density at radius 3 is 2.65 bits per heavy atom. The van der Waals surface area contributed by atoms with Gasteiger partial charge in [0.25, 0.3) is 0 Å². The summed E-state index contributed by atoms with van der Waals surface area (Å²) in [5.41, 5.74) is 0.124. The third-order valence-corrected chi connectivity index (χ3v) is 2.70. The third-order valence-electron chi connectivity index (χ3n) is 2.70. The summed E-state index contributed by atoms with van der Waals surface area (Å²) in [5.74, 6) is 1.04.